The minimum Gasteiger partial charge on any atom is -0.493 e. The normalized spacial score (nSPS) is 15.3. The van der Waals surface area contributed by atoms with E-state index in [1.165, 1.54) is 0 Å². The third-order valence-electron chi connectivity index (χ3n) is 2.23. The molecule has 3 N–H and O–H groups in total. The average Bonchev–Trinajstić information content (AvgIpc) is 2.74. The van der Waals surface area contributed by atoms with Gasteiger partial charge in [0.1, 0.15) is 5.76 Å². The lowest BCUT2D eigenvalue weighted by molar-refractivity contribution is -0.120. The molecule has 4 heteroatoms. The van der Waals surface area contributed by atoms with E-state index in [-0.39, 0.29) is 5.91 Å². The van der Waals surface area contributed by atoms with E-state index in [4.69, 9.17) is 10.5 Å². The molecular weight excluding hydrogens is 204 g/mol. The van der Waals surface area contributed by atoms with Crippen LogP contribution in [0.2, 0.25) is 0 Å². The van der Waals surface area contributed by atoms with Gasteiger partial charge in [0, 0.05) is 25.9 Å². The Kier molecular flexibility index (Phi) is 5.36. The number of allylic oxidation sites excluding steroid dienone is 2. The summed E-state index contributed by atoms with van der Waals surface area (Å²) < 4.78 is 5.39. The molecule has 1 aliphatic heterocycles. The Morgan fingerprint density at radius 3 is 3.12 bits per heavy atom. The number of carbonyl (C=O) groups excluding carboxylic acids is 1. The summed E-state index contributed by atoms with van der Waals surface area (Å²) in [5, 5.41) is 2.69. The summed E-state index contributed by atoms with van der Waals surface area (Å²) in [5.41, 5.74) is 6.37. The van der Waals surface area contributed by atoms with Crippen molar-refractivity contribution >= 4 is 5.91 Å². The molecule has 1 rings (SSSR count). The van der Waals surface area contributed by atoms with Gasteiger partial charge in [-0.3, -0.25) is 4.79 Å². The van der Waals surface area contributed by atoms with Gasteiger partial charge < -0.3 is 15.8 Å². The predicted molar refractivity (Wildman–Crippen MR) is 63.6 cm³/mol. The average molecular weight is 222 g/mol. The van der Waals surface area contributed by atoms with E-state index >= 15 is 0 Å². The maximum Gasteiger partial charge on any atom is 0.223 e. The van der Waals surface area contributed by atoms with Crippen molar-refractivity contribution in [1.29, 1.82) is 0 Å². The van der Waals surface area contributed by atoms with Crippen molar-refractivity contribution < 1.29 is 9.53 Å². The molecule has 0 saturated carbocycles. The Morgan fingerprint density at radius 1 is 1.62 bits per heavy atom. The van der Waals surface area contributed by atoms with Gasteiger partial charge in [-0.1, -0.05) is 18.7 Å². The number of nitrogens with two attached hydrogens (primary N) is 1. The highest BCUT2D eigenvalue weighted by atomic mass is 16.5. The lowest BCUT2D eigenvalue weighted by Gasteiger charge is -2.00. The molecule has 0 bridgehead atoms. The van der Waals surface area contributed by atoms with Crippen LogP contribution < -0.4 is 11.1 Å². The number of amides is 1. The third-order valence-corrected chi connectivity index (χ3v) is 2.23. The second kappa shape index (κ2) is 6.85. The zero-order valence-electron chi connectivity index (χ0n) is 9.37. The minimum absolute atomic E-state index is 0.0274. The van der Waals surface area contributed by atoms with Crippen molar-refractivity contribution in [1.82, 2.24) is 5.32 Å². The largest absolute Gasteiger partial charge is 0.493 e. The van der Waals surface area contributed by atoms with Crippen LogP contribution in [0.3, 0.4) is 0 Å². The van der Waals surface area contributed by atoms with E-state index in [9.17, 15) is 4.79 Å². The van der Waals surface area contributed by atoms with Crippen LogP contribution in [0, 0.1) is 0 Å². The molecular formula is C12H18N2O2. The van der Waals surface area contributed by atoms with Gasteiger partial charge in [-0.15, -0.1) is 0 Å². The smallest absolute Gasteiger partial charge is 0.223 e. The maximum absolute atomic E-state index is 11.2. The van der Waals surface area contributed by atoms with Crippen LogP contribution in [0.4, 0.5) is 0 Å². The molecule has 16 heavy (non-hydrogen) atoms. The van der Waals surface area contributed by atoms with Crippen LogP contribution >= 0.6 is 0 Å². The van der Waals surface area contributed by atoms with E-state index < -0.39 is 0 Å². The molecule has 1 amide bonds. The summed E-state index contributed by atoms with van der Waals surface area (Å²) in [6.07, 6.45) is 6.64. The fraction of sp³-hybridized carbons (Fsp3) is 0.417. The molecule has 4 nitrogen and oxygen atoms in total. The van der Waals surface area contributed by atoms with Crippen molar-refractivity contribution in [3.63, 3.8) is 0 Å². The number of hydrogen-bond donors (Lipinski definition) is 2. The van der Waals surface area contributed by atoms with Gasteiger partial charge in [0.05, 0.1) is 6.61 Å². The standard InChI is InChI=1S/C12H18N2O2/c1-2-10-6-9-16-11(10)4-3-5-12(15)14-8-7-13/h2-4H,1,5-9,13H2,(H,14,15)/b4-3-. The number of nitrogens with one attached hydrogen (secondary N) is 1. The number of ether oxygens (including phenoxy) is 1. The summed E-state index contributed by atoms with van der Waals surface area (Å²) in [6.45, 7) is 5.39. The molecule has 0 spiro atoms. The first-order valence-electron chi connectivity index (χ1n) is 5.39. The topological polar surface area (TPSA) is 64.4 Å². The van der Waals surface area contributed by atoms with Gasteiger partial charge in [0.25, 0.3) is 0 Å². The van der Waals surface area contributed by atoms with Gasteiger partial charge in [0.15, 0.2) is 0 Å². The van der Waals surface area contributed by atoms with E-state index in [0.29, 0.717) is 26.1 Å². The Bertz CT molecular complexity index is 319. The number of hydrogen-bond acceptors (Lipinski definition) is 3. The molecule has 88 valence electrons. The SMILES string of the molecule is C=CC1=C(/C=C\CC(=O)NCCN)OCC1. The van der Waals surface area contributed by atoms with Crippen molar-refractivity contribution in [3.05, 3.63) is 36.1 Å². The molecule has 0 aromatic rings. The third kappa shape index (κ3) is 3.90. The fourth-order valence-corrected chi connectivity index (χ4v) is 1.40. The van der Waals surface area contributed by atoms with Gasteiger partial charge in [0.2, 0.25) is 5.91 Å². The Morgan fingerprint density at radius 2 is 2.44 bits per heavy atom. The zero-order valence-corrected chi connectivity index (χ0v) is 9.37. The van der Waals surface area contributed by atoms with Crippen molar-refractivity contribution in [2.24, 2.45) is 5.73 Å². The van der Waals surface area contributed by atoms with Crippen LogP contribution in [0.5, 0.6) is 0 Å². The van der Waals surface area contributed by atoms with Crippen molar-refractivity contribution in [3.8, 4) is 0 Å². The molecule has 0 radical (unpaired) electrons. The van der Waals surface area contributed by atoms with Crippen LogP contribution in [0.1, 0.15) is 12.8 Å². The second-order valence-electron chi connectivity index (χ2n) is 3.44. The lowest BCUT2D eigenvalue weighted by atomic mass is 10.2. The van der Waals surface area contributed by atoms with E-state index in [1.807, 2.05) is 6.08 Å². The predicted octanol–water partition coefficient (Wildman–Crippen LogP) is 0.868. The highest BCUT2D eigenvalue weighted by Gasteiger charge is 2.09. The monoisotopic (exact) mass is 222 g/mol. The first-order valence-corrected chi connectivity index (χ1v) is 5.39. The number of rotatable bonds is 6. The second-order valence-corrected chi connectivity index (χ2v) is 3.44. The van der Waals surface area contributed by atoms with E-state index in [2.05, 4.69) is 11.9 Å². The molecule has 0 aromatic carbocycles. The lowest BCUT2D eigenvalue weighted by Crippen LogP contribution is -2.28. The Balaban J connectivity index is 2.36. The van der Waals surface area contributed by atoms with Crippen LogP contribution in [0.25, 0.3) is 0 Å². The minimum atomic E-state index is -0.0274. The molecule has 1 aliphatic rings. The fourth-order valence-electron chi connectivity index (χ4n) is 1.40. The highest BCUT2D eigenvalue weighted by Crippen LogP contribution is 2.20. The van der Waals surface area contributed by atoms with Gasteiger partial charge in [-0.05, 0) is 11.6 Å². The molecule has 0 fully saturated rings. The van der Waals surface area contributed by atoms with Crippen LogP contribution in [-0.2, 0) is 9.53 Å². The Labute approximate surface area is 95.8 Å². The van der Waals surface area contributed by atoms with Gasteiger partial charge in [-0.25, -0.2) is 0 Å². The first-order chi connectivity index (χ1) is 7.77. The van der Waals surface area contributed by atoms with Crippen LogP contribution in [-0.4, -0.2) is 25.6 Å². The summed E-state index contributed by atoms with van der Waals surface area (Å²) >= 11 is 0. The number of carbonyl (C=O) groups is 1. The summed E-state index contributed by atoms with van der Waals surface area (Å²) in [7, 11) is 0. The Hall–Kier alpha value is -1.55. The summed E-state index contributed by atoms with van der Waals surface area (Å²) in [6, 6.07) is 0. The molecule has 0 aromatic heterocycles. The molecule has 0 aliphatic carbocycles. The molecule has 1 heterocycles. The quantitative estimate of drug-likeness (QED) is 0.701. The van der Waals surface area contributed by atoms with Gasteiger partial charge in [-0.2, -0.15) is 0 Å². The van der Waals surface area contributed by atoms with Crippen molar-refractivity contribution in [2.75, 3.05) is 19.7 Å². The molecule has 0 atom stereocenters. The molecule has 0 saturated heterocycles. The van der Waals surface area contributed by atoms with Crippen LogP contribution in [0.15, 0.2) is 36.1 Å². The first kappa shape index (κ1) is 12.5. The van der Waals surface area contributed by atoms with E-state index in [0.717, 1.165) is 17.8 Å². The van der Waals surface area contributed by atoms with Gasteiger partial charge >= 0.3 is 0 Å². The summed E-state index contributed by atoms with van der Waals surface area (Å²) in [4.78, 5) is 11.2. The van der Waals surface area contributed by atoms with E-state index in [1.54, 1.807) is 12.2 Å². The molecule has 0 unspecified atom stereocenters. The summed E-state index contributed by atoms with van der Waals surface area (Å²) in [5.74, 6) is 0.794. The maximum atomic E-state index is 11.2. The highest BCUT2D eigenvalue weighted by molar-refractivity contribution is 5.77. The van der Waals surface area contributed by atoms with Crippen molar-refractivity contribution in [2.45, 2.75) is 12.8 Å². The zero-order chi connectivity index (χ0) is 11.8.